The lowest BCUT2D eigenvalue weighted by atomic mass is 10.1. The molecule has 5 heteroatoms. The molecule has 1 rings (SSSR count). The highest BCUT2D eigenvalue weighted by Gasteiger charge is 2.05. The zero-order valence-electron chi connectivity index (χ0n) is 13.6. The molecule has 1 aromatic carbocycles. The van der Waals surface area contributed by atoms with Crippen molar-refractivity contribution in [3.63, 3.8) is 0 Å². The second-order valence-electron chi connectivity index (χ2n) is 5.36. The molecule has 0 bridgehead atoms. The van der Waals surface area contributed by atoms with E-state index in [2.05, 4.69) is 22.9 Å². The third-order valence-corrected chi connectivity index (χ3v) is 3.26. The number of hydrogen-bond acceptors (Lipinski definition) is 3. The first kappa shape index (κ1) is 18.2. The van der Waals surface area contributed by atoms with Gasteiger partial charge in [0.05, 0.1) is 6.54 Å². The number of nitrogens with one attached hydrogen (secondary N) is 3. The average Bonchev–Trinajstić information content (AvgIpc) is 2.52. The zero-order valence-corrected chi connectivity index (χ0v) is 13.6. The number of hydrogen-bond donors (Lipinski definition) is 3. The van der Waals surface area contributed by atoms with Crippen LogP contribution in [0.5, 0.6) is 0 Å². The van der Waals surface area contributed by atoms with Crippen molar-refractivity contribution in [1.82, 2.24) is 16.0 Å². The molecule has 0 unspecified atom stereocenters. The highest BCUT2D eigenvalue weighted by Crippen LogP contribution is 2.05. The van der Waals surface area contributed by atoms with Gasteiger partial charge in [0, 0.05) is 19.5 Å². The molecule has 0 aliphatic rings. The number of carbonyl (C=O) groups is 2. The van der Waals surface area contributed by atoms with E-state index in [9.17, 15) is 9.59 Å². The molecule has 0 radical (unpaired) electrons. The lowest BCUT2D eigenvalue weighted by Crippen LogP contribution is -2.39. The van der Waals surface area contributed by atoms with Gasteiger partial charge in [-0.05, 0) is 31.9 Å². The van der Waals surface area contributed by atoms with Gasteiger partial charge in [0.2, 0.25) is 11.8 Å². The lowest BCUT2D eigenvalue weighted by Gasteiger charge is -2.08. The molecule has 0 saturated heterocycles. The molecule has 0 saturated carbocycles. The van der Waals surface area contributed by atoms with Crippen molar-refractivity contribution < 1.29 is 9.59 Å². The van der Waals surface area contributed by atoms with E-state index in [1.807, 2.05) is 31.2 Å². The molecule has 0 heterocycles. The Morgan fingerprint density at radius 2 is 1.68 bits per heavy atom. The van der Waals surface area contributed by atoms with Crippen LogP contribution < -0.4 is 16.0 Å². The van der Waals surface area contributed by atoms with Crippen LogP contribution in [0.1, 0.15) is 30.9 Å². The van der Waals surface area contributed by atoms with Gasteiger partial charge in [-0.25, -0.2) is 0 Å². The van der Waals surface area contributed by atoms with Crippen molar-refractivity contribution in [2.45, 2.75) is 33.1 Å². The highest BCUT2D eigenvalue weighted by molar-refractivity contribution is 5.84. The van der Waals surface area contributed by atoms with Crippen LogP contribution in [0, 0.1) is 6.92 Å². The molecule has 0 aromatic heterocycles. The second-order valence-corrected chi connectivity index (χ2v) is 5.36. The van der Waals surface area contributed by atoms with Crippen LogP contribution in [0.4, 0.5) is 0 Å². The van der Waals surface area contributed by atoms with Gasteiger partial charge in [-0.1, -0.05) is 36.8 Å². The number of carbonyl (C=O) groups excluding carboxylic acids is 2. The van der Waals surface area contributed by atoms with Gasteiger partial charge in [-0.15, -0.1) is 0 Å². The Hall–Kier alpha value is -1.88. The monoisotopic (exact) mass is 305 g/mol. The number of rotatable bonds is 10. The van der Waals surface area contributed by atoms with E-state index in [1.165, 1.54) is 5.56 Å². The van der Waals surface area contributed by atoms with Gasteiger partial charge in [-0.2, -0.15) is 0 Å². The van der Waals surface area contributed by atoms with E-state index < -0.39 is 0 Å². The maximum absolute atomic E-state index is 11.7. The van der Waals surface area contributed by atoms with Crippen molar-refractivity contribution in [2.24, 2.45) is 0 Å². The standard InChI is InChI=1S/C17H27N3O2/c1-3-10-18-11-12-19-17(22)13-20-16(21)9-8-15-6-4-14(2)5-7-15/h4-7,18H,3,8-13H2,1-2H3,(H,19,22)(H,20,21). The first-order valence-electron chi connectivity index (χ1n) is 7.91. The number of aryl methyl sites for hydroxylation is 2. The molecule has 0 fully saturated rings. The zero-order chi connectivity index (χ0) is 16.2. The Labute approximate surface area is 132 Å². The van der Waals surface area contributed by atoms with Gasteiger partial charge in [0.15, 0.2) is 0 Å². The highest BCUT2D eigenvalue weighted by atomic mass is 16.2. The summed E-state index contributed by atoms with van der Waals surface area (Å²) in [6, 6.07) is 8.12. The Balaban J connectivity index is 2.09. The Morgan fingerprint density at radius 3 is 2.36 bits per heavy atom. The SMILES string of the molecule is CCCNCCNC(=O)CNC(=O)CCc1ccc(C)cc1. The average molecular weight is 305 g/mol. The molecule has 5 nitrogen and oxygen atoms in total. The summed E-state index contributed by atoms with van der Waals surface area (Å²) in [5.74, 6) is -0.248. The minimum Gasteiger partial charge on any atom is -0.353 e. The minimum atomic E-state index is -0.151. The van der Waals surface area contributed by atoms with Crippen molar-refractivity contribution in [3.8, 4) is 0 Å². The molecular formula is C17H27N3O2. The Morgan fingerprint density at radius 1 is 0.955 bits per heavy atom. The van der Waals surface area contributed by atoms with E-state index in [0.717, 1.165) is 25.1 Å². The summed E-state index contributed by atoms with van der Waals surface area (Å²) in [4.78, 5) is 23.2. The third-order valence-electron chi connectivity index (χ3n) is 3.26. The minimum absolute atomic E-state index is 0.0422. The molecule has 3 N–H and O–H groups in total. The molecule has 0 atom stereocenters. The molecule has 0 aliphatic heterocycles. The van der Waals surface area contributed by atoms with Crippen LogP contribution in [0.3, 0.4) is 0 Å². The van der Waals surface area contributed by atoms with Crippen molar-refractivity contribution in [1.29, 1.82) is 0 Å². The first-order chi connectivity index (χ1) is 10.6. The second kappa shape index (κ2) is 10.8. The van der Waals surface area contributed by atoms with Crippen molar-refractivity contribution in [3.05, 3.63) is 35.4 Å². The van der Waals surface area contributed by atoms with Crippen LogP contribution in [0.25, 0.3) is 0 Å². The van der Waals surface area contributed by atoms with E-state index in [0.29, 0.717) is 19.4 Å². The third kappa shape index (κ3) is 8.42. The fourth-order valence-corrected chi connectivity index (χ4v) is 1.93. The summed E-state index contributed by atoms with van der Waals surface area (Å²) in [7, 11) is 0. The maximum atomic E-state index is 11.7. The van der Waals surface area contributed by atoms with Gasteiger partial charge in [0.25, 0.3) is 0 Å². The topological polar surface area (TPSA) is 70.2 Å². The maximum Gasteiger partial charge on any atom is 0.239 e. The number of benzene rings is 1. The molecule has 0 spiro atoms. The molecule has 0 aliphatic carbocycles. The predicted octanol–water partition coefficient (Wildman–Crippen LogP) is 1.16. The summed E-state index contributed by atoms with van der Waals surface area (Å²) >= 11 is 0. The van der Waals surface area contributed by atoms with E-state index in [1.54, 1.807) is 0 Å². The van der Waals surface area contributed by atoms with E-state index >= 15 is 0 Å². The molecule has 22 heavy (non-hydrogen) atoms. The summed E-state index contributed by atoms with van der Waals surface area (Å²) < 4.78 is 0. The van der Waals surface area contributed by atoms with Gasteiger partial charge >= 0.3 is 0 Å². The smallest absolute Gasteiger partial charge is 0.239 e. The molecule has 122 valence electrons. The predicted molar refractivity (Wildman–Crippen MR) is 88.7 cm³/mol. The first-order valence-corrected chi connectivity index (χ1v) is 7.91. The van der Waals surface area contributed by atoms with Crippen LogP contribution in [0.15, 0.2) is 24.3 Å². The van der Waals surface area contributed by atoms with Gasteiger partial charge < -0.3 is 16.0 Å². The van der Waals surface area contributed by atoms with E-state index in [4.69, 9.17) is 0 Å². The molecular weight excluding hydrogens is 278 g/mol. The van der Waals surface area contributed by atoms with Gasteiger partial charge in [0.1, 0.15) is 0 Å². The summed E-state index contributed by atoms with van der Waals surface area (Å²) in [6.45, 7) is 6.45. The van der Waals surface area contributed by atoms with Crippen LogP contribution >= 0.6 is 0 Å². The van der Waals surface area contributed by atoms with Crippen LogP contribution in [0.2, 0.25) is 0 Å². The summed E-state index contributed by atoms with van der Waals surface area (Å²) in [5, 5.41) is 8.60. The molecule has 2 amide bonds. The normalized spacial score (nSPS) is 10.3. The van der Waals surface area contributed by atoms with Gasteiger partial charge in [-0.3, -0.25) is 9.59 Å². The molecule has 1 aromatic rings. The van der Waals surface area contributed by atoms with Crippen molar-refractivity contribution in [2.75, 3.05) is 26.2 Å². The fourth-order valence-electron chi connectivity index (χ4n) is 1.93. The Kier molecular flexibility index (Phi) is 8.91. The Bertz CT molecular complexity index is 457. The largest absolute Gasteiger partial charge is 0.353 e. The van der Waals surface area contributed by atoms with Crippen LogP contribution in [-0.2, 0) is 16.0 Å². The lowest BCUT2D eigenvalue weighted by molar-refractivity contribution is -0.126. The van der Waals surface area contributed by atoms with Crippen LogP contribution in [-0.4, -0.2) is 38.0 Å². The fraction of sp³-hybridized carbons (Fsp3) is 0.529. The number of amides is 2. The summed E-state index contributed by atoms with van der Waals surface area (Å²) in [5.41, 5.74) is 2.34. The summed E-state index contributed by atoms with van der Waals surface area (Å²) in [6.07, 6.45) is 2.16. The quantitative estimate of drug-likeness (QED) is 0.568. The van der Waals surface area contributed by atoms with Crippen molar-refractivity contribution >= 4 is 11.8 Å². The van der Waals surface area contributed by atoms with E-state index in [-0.39, 0.29) is 18.4 Å².